The SMILES string of the molecule is C/C=C/CNC(=O)c1ccncc1.CC. The Hall–Kier alpha value is -1.64. The fourth-order valence-electron chi connectivity index (χ4n) is 0.875. The lowest BCUT2D eigenvalue weighted by atomic mass is 10.2. The molecule has 1 aromatic heterocycles. The molecule has 0 spiro atoms. The number of carbonyl (C=O) groups is 1. The number of carbonyl (C=O) groups excluding carboxylic acids is 1. The van der Waals surface area contributed by atoms with Gasteiger partial charge in [0, 0.05) is 24.5 Å². The minimum Gasteiger partial charge on any atom is -0.349 e. The molecule has 0 aliphatic rings. The molecule has 0 atom stereocenters. The van der Waals surface area contributed by atoms with Gasteiger partial charge in [0.2, 0.25) is 0 Å². The lowest BCUT2D eigenvalue weighted by Gasteiger charge is -2.00. The van der Waals surface area contributed by atoms with Crippen LogP contribution in [0.15, 0.2) is 36.7 Å². The Balaban J connectivity index is 0.000000921. The first-order chi connectivity index (χ1) is 7.34. The van der Waals surface area contributed by atoms with Crippen molar-refractivity contribution in [3.05, 3.63) is 42.2 Å². The number of allylic oxidation sites excluding steroid dienone is 1. The van der Waals surface area contributed by atoms with Crippen LogP contribution in [-0.2, 0) is 0 Å². The monoisotopic (exact) mass is 206 g/mol. The van der Waals surface area contributed by atoms with Gasteiger partial charge < -0.3 is 5.32 Å². The molecule has 1 aromatic rings. The zero-order chi connectivity index (χ0) is 11.5. The maximum Gasteiger partial charge on any atom is 0.251 e. The minimum atomic E-state index is -0.0690. The summed E-state index contributed by atoms with van der Waals surface area (Å²) < 4.78 is 0. The number of nitrogens with zero attached hydrogens (tertiary/aromatic N) is 1. The number of hydrogen-bond donors (Lipinski definition) is 1. The van der Waals surface area contributed by atoms with Gasteiger partial charge in [-0.25, -0.2) is 0 Å². The van der Waals surface area contributed by atoms with Crippen molar-refractivity contribution in [2.24, 2.45) is 0 Å². The molecule has 0 aromatic carbocycles. The van der Waals surface area contributed by atoms with Crippen molar-refractivity contribution in [2.45, 2.75) is 20.8 Å². The molecule has 0 fully saturated rings. The highest BCUT2D eigenvalue weighted by molar-refractivity contribution is 5.94. The fourth-order valence-corrected chi connectivity index (χ4v) is 0.875. The number of amides is 1. The summed E-state index contributed by atoms with van der Waals surface area (Å²) >= 11 is 0. The van der Waals surface area contributed by atoms with E-state index in [4.69, 9.17) is 0 Å². The average molecular weight is 206 g/mol. The lowest BCUT2D eigenvalue weighted by Crippen LogP contribution is -2.23. The minimum absolute atomic E-state index is 0.0690. The van der Waals surface area contributed by atoms with Crippen LogP contribution in [0.3, 0.4) is 0 Å². The second-order valence-corrected chi connectivity index (χ2v) is 2.51. The van der Waals surface area contributed by atoms with Crippen molar-refractivity contribution in [2.75, 3.05) is 6.54 Å². The van der Waals surface area contributed by atoms with E-state index in [1.165, 1.54) is 0 Å². The molecule has 0 saturated heterocycles. The molecule has 1 N–H and O–H groups in total. The molecular formula is C12H18N2O. The summed E-state index contributed by atoms with van der Waals surface area (Å²) in [4.78, 5) is 15.2. The molecule has 0 saturated carbocycles. The first-order valence-corrected chi connectivity index (χ1v) is 5.14. The van der Waals surface area contributed by atoms with Crippen molar-refractivity contribution in [3.8, 4) is 0 Å². The zero-order valence-corrected chi connectivity index (χ0v) is 9.53. The molecular weight excluding hydrogens is 188 g/mol. The lowest BCUT2D eigenvalue weighted by molar-refractivity contribution is 0.0958. The van der Waals surface area contributed by atoms with E-state index in [1.54, 1.807) is 24.5 Å². The van der Waals surface area contributed by atoms with Crippen LogP contribution in [0.25, 0.3) is 0 Å². The van der Waals surface area contributed by atoms with Gasteiger partial charge in [-0.3, -0.25) is 9.78 Å². The molecule has 0 radical (unpaired) electrons. The van der Waals surface area contributed by atoms with Gasteiger partial charge in [-0.05, 0) is 19.1 Å². The number of aromatic nitrogens is 1. The van der Waals surface area contributed by atoms with E-state index in [2.05, 4.69) is 10.3 Å². The molecule has 0 bridgehead atoms. The summed E-state index contributed by atoms with van der Waals surface area (Å²) in [5.74, 6) is -0.0690. The van der Waals surface area contributed by atoms with Crippen LogP contribution in [0.4, 0.5) is 0 Å². The quantitative estimate of drug-likeness (QED) is 0.772. The first kappa shape index (κ1) is 13.4. The Bertz CT molecular complexity index is 294. The van der Waals surface area contributed by atoms with Crippen LogP contribution >= 0.6 is 0 Å². The number of pyridine rings is 1. The van der Waals surface area contributed by atoms with Crippen LogP contribution in [0, 0.1) is 0 Å². The van der Waals surface area contributed by atoms with Gasteiger partial charge in [0.05, 0.1) is 0 Å². The summed E-state index contributed by atoms with van der Waals surface area (Å²) in [6, 6.07) is 3.37. The molecule has 15 heavy (non-hydrogen) atoms. The van der Waals surface area contributed by atoms with Crippen LogP contribution in [0.1, 0.15) is 31.1 Å². The van der Waals surface area contributed by atoms with Gasteiger partial charge in [0.1, 0.15) is 0 Å². The smallest absolute Gasteiger partial charge is 0.251 e. The largest absolute Gasteiger partial charge is 0.349 e. The van der Waals surface area contributed by atoms with Gasteiger partial charge in [-0.15, -0.1) is 0 Å². The van der Waals surface area contributed by atoms with E-state index in [9.17, 15) is 4.79 Å². The highest BCUT2D eigenvalue weighted by atomic mass is 16.1. The van der Waals surface area contributed by atoms with Crippen molar-refractivity contribution in [3.63, 3.8) is 0 Å². The van der Waals surface area contributed by atoms with E-state index < -0.39 is 0 Å². The molecule has 1 amide bonds. The van der Waals surface area contributed by atoms with Crippen molar-refractivity contribution in [1.82, 2.24) is 10.3 Å². The predicted octanol–water partition coefficient (Wildman–Crippen LogP) is 2.41. The second kappa shape index (κ2) is 8.94. The van der Waals surface area contributed by atoms with E-state index in [-0.39, 0.29) is 5.91 Å². The summed E-state index contributed by atoms with van der Waals surface area (Å²) in [6.45, 7) is 6.48. The summed E-state index contributed by atoms with van der Waals surface area (Å²) in [5, 5.41) is 2.75. The standard InChI is InChI=1S/C10H12N2O.C2H6/c1-2-3-6-12-10(13)9-4-7-11-8-5-9;1-2/h2-5,7-8H,6H2,1H3,(H,12,13);1-2H3/b3-2+;. The van der Waals surface area contributed by atoms with Crippen molar-refractivity contribution < 1.29 is 4.79 Å². The highest BCUT2D eigenvalue weighted by Gasteiger charge is 2.00. The van der Waals surface area contributed by atoms with Gasteiger partial charge in [-0.2, -0.15) is 0 Å². The number of rotatable bonds is 3. The normalized spacial score (nSPS) is 9.27. The predicted molar refractivity (Wildman–Crippen MR) is 62.7 cm³/mol. The molecule has 3 heteroatoms. The van der Waals surface area contributed by atoms with Gasteiger partial charge >= 0.3 is 0 Å². The number of nitrogens with one attached hydrogen (secondary N) is 1. The molecule has 1 rings (SSSR count). The summed E-state index contributed by atoms with van der Waals surface area (Å²) in [7, 11) is 0. The number of hydrogen-bond acceptors (Lipinski definition) is 2. The third kappa shape index (κ3) is 5.62. The Labute approximate surface area is 91.2 Å². The molecule has 0 aliphatic heterocycles. The highest BCUT2D eigenvalue weighted by Crippen LogP contribution is 1.94. The molecule has 3 nitrogen and oxygen atoms in total. The first-order valence-electron chi connectivity index (χ1n) is 5.14. The molecule has 0 aliphatic carbocycles. The van der Waals surface area contributed by atoms with Gasteiger partial charge in [0.25, 0.3) is 5.91 Å². The third-order valence-electron chi connectivity index (χ3n) is 1.56. The second-order valence-electron chi connectivity index (χ2n) is 2.51. The maximum atomic E-state index is 11.3. The summed E-state index contributed by atoms with van der Waals surface area (Å²) in [6.07, 6.45) is 6.99. The van der Waals surface area contributed by atoms with Crippen molar-refractivity contribution in [1.29, 1.82) is 0 Å². The molecule has 0 unspecified atom stereocenters. The average Bonchev–Trinajstić information content (AvgIpc) is 2.33. The topological polar surface area (TPSA) is 42.0 Å². The van der Waals surface area contributed by atoms with E-state index in [0.29, 0.717) is 12.1 Å². The van der Waals surface area contributed by atoms with E-state index >= 15 is 0 Å². The molecule has 82 valence electrons. The van der Waals surface area contributed by atoms with Crippen molar-refractivity contribution >= 4 is 5.91 Å². The van der Waals surface area contributed by atoms with Gasteiger partial charge in [-0.1, -0.05) is 26.0 Å². The van der Waals surface area contributed by atoms with Crippen LogP contribution in [-0.4, -0.2) is 17.4 Å². The van der Waals surface area contributed by atoms with Crippen LogP contribution in [0.5, 0.6) is 0 Å². The Morgan fingerprint density at radius 3 is 2.53 bits per heavy atom. The summed E-state index contributed by atoms with van der Waals surface area (Å²) in [5.41, 5.74) is 0.638. The van der Waals surface area contributed by atoms with E-state index in [0.717, 1.165) is 0 Å². The Morgan fingerprint density at radius 2 is 2.00 bits per heavy atom. The maximum absolute atomic E-state index is 11.3. The van der Waals surface area contributed by atoms with Crippen LogP contribution < -0.4 is 5.32 Å². The Kier molecular flexibility index (Phi) is 7.96. The fraction of sp³-hybridized carbons (Fsp3) is 0.333. The van der Waals surface area contributed by atoms with E-state index in [1.807, 2.05) is 32.9 Å². The Morgan fingerprint density at radius 1 is 1.40 bits per heavy atom. The molecule has 1 heterocycles. The third-order valence-corrected chi connectivity index (χ3v) is 1.56. The van der Waals surface area contributed by atoms with Crippen LogP contribution in [0.2, 0.25) is 0 Å². The zero-order valence-electron chi connectivity index (χ0n) is 9.53. The van der Waals surface area contributed by atoms with Gasteiger partial charge in [0.15, 0.2) is 0 Å².